The minimum Gasteiger partial charge on any atom is -0.356 e. The van der Waals surface area contributed by atoms with Gasteiger partial charge in [-0.05, 0) is 31.5 Å². The molecule has 170 valence electrons. The Balaban J connectivity index is 1.13. The Labute approximate surface area is 189 Å². The van der Waals surface area contributed by atoms with Crippen molar-refractivity contribution in [2.45, 2.75) is 19.9 Å². The van der Waals surface area contributed by atoms with E-state index in [1.807, 2.05) is 19.2 Å². The first-order chi connectivity index (χ1) is 15.7. The summed E-state index contributed by atoms with van der Waals surface area (Å²) in [6.45, 7) is 9.68. The van der Waals surface area contributed by atoms with Crippen LogP contribution in [0.5, 0.6) is 0 Å². The highest BCUT2D eigenvalue weighted by Crippen LogP contribution is 2.15. The molecule has 32 heavy (non-hydrogen) atoms. The second-order valence-electron chi connectivity index (χ2n) is 7.96. The average Bonchev–Trinajstić information content (AvgIpc) is 3.16. The molecule has 1 aliphatic rings. The summed E-state index contributed by atoms with van der Waals surface area (Å²) in [5, 5.41) is 6.86. The summed E-state index contributed by atoms with van der Waals surface area (Å²) in [4.78, 5) is 22.4. The third-order valence-electron chi connectivity index (χ3n) is 5.85. The maximum atomic E-state index is 4.64. The molecule has 9 heteroatoms. The summed E-state index contributed by atoms with van der Waals surface area (Å²) >= 11 is 0. The molecule has 2 N–H and O–H groups in total. The highest BCUT2D eigenvalue weighted by Gasteiger charge is 2.18. The van der Waals surface area contributed by atoms with E-state index in [1.54, 1.807) is 12.4 Å². The highest BCUT2D eigenvalue weighted by atomic mass is 15.3. The normalized spacial score (nSPS) is 15.3. The predicted octanol–water partition coefficient (Wildman–Crippen LogP) is 1.51. The summed E-state index contributed by atoms with van der Waals surface area (Å²) in [6, 6.07) is 10.2. The Bertz CT molecular complexity index is 1010. The van der Waals surface area contributed by atoms with Crippen molar-refractivity contribution in [2.75, 3.05) is 57.8 Å². The molecule has 1 aliphatic heterocycles. The van der Waals surface area contributed by atoms with Gasteiger partial charge in [-0.3, -0.25) is 9.89 Å². The quantitative estimate of drug-likeness (QED) is 0.315. The van der Waals surface area contributed by atoms with Gasteiger partial charge in [-0.15, -0.1) is 0 Å². The Morgan fingerprint density at radius 1 is 0.969 bits per heavy atom. The number of aryl methyl sites for hydroxylation is 2. The zero-order chi connectivity index (χ0) is 22.2. The Morgan fingerprint density at radius 3 is 2.50 bits per heavy atom. The van der Waals surface area contributed by atoms with Gasteiger partial charge in [0.1, 0.15) is 5.82 Å². The second-order valence-corrected chi connectivity index (χ2v) is 7.96. The highest BCUT2D eigenvalue weighted by molar-refractivity contribution is 5.79. The number of para-hydroxylation sites is 2. The molecule has 1 fully saturated rings. The first kappa shape index (κ1) is 22.0. The van der Waals surface area contributed by atoms with Crippen LogP contribution in [0.4, 0.5) is 5.95 Å². The number of fused-ring (bicyclic) bond motifs is 1. The molecular formula is C23H33N9. The molecule has 3 heterocycles. The molecular weight excluding hydrogens is 402 g/mol. The van der Waals surface area contributed by atoms with E-state index >= 15 is 0 Å². The molecule has 0 bridgehead atoms. The number of benzene rings is 1. The van der Waals surface area contributed by atoms with E-state index in [1.165, 1.54) is 5.52 Å². The van der Waals surface area contributed by atoms with Crippen LogP contribution in [0.3, 0.4) is 0 Å². The number of piperazine rings is 1. The van der Waals surface area contributed by atoms with Crippen LogP contribution in [0.25, 0.3) is 11.0 Å². The summed E-state index contributed by atoms with van der Waals surface area (Å²) in [5.74, 6) is 2.75. The largest absolute Gasteiger partial charge is 0.356 e. The van der Waals surface area contributed by atoms with Crippen molar-refractivity contribution in [3.63, 3.8) is 0 Å². The fraction of sp³-hybridized carbons (Fsp3) is 0.478. The van der Waals surface area contributed by atoms with Crippen molar-refractivity contribution in [2.24, 2.45) is 4.99 Å². The average molecular weight is 436 g/mol. The summed E-state index contributed by atoms with van der Waals surface area (Å²) in [6.07, 6.45) is 4.61. The van der Waals surface area contributed by atoms with Crippen LogP contribution in [0, 0.1) is 6.92 Å². The van der Waals surface area contributed by atoms with Crippen LogP contribution in [0.1, 0.15) is 12.2 Å². The van der Waals surface area contributed by atoms with Crippen molar-refractivity contribution in [1.29, 1.82) is 0 Å². The Hall–Kier alpha value is -3.20. The third-order valence-corrected chi connectivity index (χ3v) is 5.85. The van der Waals surface area contributed by atoms with E-state index in [-0.39, 0.29) is 0 Å². The van der Waals surface area contributed by atoms with Crippen molar-refractivity contribution in [1.82, 2.24) is 35.1 Å². The lowest BCUT2D eigenvalue weighted by Crippen LogP contribution is -2.49. The van der Waals surface area contributed by atoms with Crippen molar-refractivity contribution in [3.05, 3.63) is 48.5 Å². The summed E-state index contributed by atoms with van der Waals surface area (Å²) < 4.78 is 2.29. The maximum absolute atomic E-state index is 4.64. The van der Waals surface area contributed by atoms with Gasteiger partial charge in [-0.2, -0.15) is 0 Å². The van der Waals surface area contributed by atoms with Gasteiger partial charge in [-0.1, -0.05) is 12.1 Å². The van der Waals surface area contributed by atoms with Gasteiger partial charge in [0.25, 0.3) is 0 Å². The van der Waals surface area contributed by atoms with Crippen molar-refractivity contribution >= 4 is 22.9 Å². The van der Waals surface area contributed by atoms with Gasteiger partial charge in [-0.25, -0.2) is 15.0 Å². The van der Waals surface area contributed by atoms with Crippen LogP contribution in [0.2, 0.25) is 0 Å². The fourth-order valence-electron chi connectivity index (χ4n) is 4.10. The molecule has 0 unspecified atom stereocenters. The zero-order valence-electron chi connectivity index (χ0n) is 19.0. The van der Waals surface area contributed by atoms with Crippen molar-refractivity contribution < 1.29 is 0 Å². The summed E-state index contributed by atoms with van der Waals surface area (Å²) in [7, 11) is 1.82. The van der Waals surface area contributed by atoms with E-state index in [4.69, 9.17) is 0 Å². The molecule has 2 aromatic heterocycles. The van der Waals surface area contributed by atoms with Gasteiger partial charge < -0.3 is 20.1 Å². The van der Waals surface area contributed by atoms with Crippen LogP contribution in [-0.2, 0) is 6.54 Å². The number of nitrogens with one attached hydrogen (secondary N) is 2. The lowest BCUT2D eigenvalue weighted by Gasteiger charge is -2.34. The minimum absolute atomic E-state index is 0.828. The number of aliphatic imine (C=N–C) groups is 1. The molecule has 0 saturated carbocycles. The second kappa shape index (κ2) is 10.9. The third kappa shape index (κ3) is 5.53. The fourth-order valence-corrected chi connectivity index (χ4v) is 4.10. The predicted molar refractivity (Wildman–Crippen MR) is 129 cm³/mol. The minimum atomic E-state index is 0.828. The monoisotopic (exact) mass is 435 g/mol. The number of hydrogen-bond donors (Lipinski definition) is 2. The van der Waals surface area contributed by atoms with Gasteiger partial charge in [0, 0.05) is 71.8 Å². The van der Waals surface area contributed by atoms with Gasteiger partial charge in [0.05, 0.1) is 11.0 Å². The molecule has 3 aromatic rings. The van der Waals surface area contributed by atoms with Crippen LogP contribution in [0.15, 0.2) is 47.7 Å². The van der Waals surface area contributed by atoms with Crippen LogP contribution < -0.4 is 15.5 Å². The Morgan fingerprint density at radius 2 is 1.72 bits per heavy atom. The lowest BCUT2D eigenvalue weighted by atomic mass is 10.3. The number of anilines is 1. The number of guanidine groups is 1. The number of nitrogens with zero attached hydrogens (tertiary/aromatic N) is 7. The molecule has 9 nitrogen and oxygen atoms in total. The van der Waals surface area contributed by atoms with E-state index < -0.39 is 0 Å². The first-order valence-corrected chi connectivity index (χ1v) is 11.4. The number of rotatable bonds is 8. The van der Waals surface area contributed by atoms with E-state index in [9.17, 15) is 0 Å². The van der Waals surface area contributed by atoms with Gasteiger partial charge in [0.15, 0.2) is 5.96 Å². The van der Waals surface area contributed by atoms with Gasteiger partial charge in [0.2, 0.25) is 5.95 Å². The SMILES string of the molecule is CN=C(NCCCn1c(C)nc2ccccc21)NCCN1CCN(c2ncccn2)CC1. The number of hydrogen-bond acceptors (Lipinski definition) is 6. The van der Waals surface area contributed by atoms with Gasteiger partial charge >= 0.3 is 0 Å². The molecule has 0 atom stereocenters. The van der Waals surface area contributed by atoms with E-state index in [0.717, 1.165) is 82.0 Å². The molecule has 1 aromatic carbocycles. The first-order valence-electron chi connectivity index (χ1n) is 11.4. The molecule has 4 rings (SSSR count). The Kier molecular flexibility index (Phi) is 7.50. The molecule has 0 radical (unpaired) electrons. The molecule has 0 amide bonds. The number of aromatic nitrogens is 4. The maximum Gasteiger partial charge on any atom is 0.225 e. The van der Waals surface area contributed by atoms with Crippen LogP contribution in [-0.4, -0.2) is 83.2 Å². The molecule has 0 aliphatic carbocycles. The number of imidazole rings is 1. The lowest BCUT2D eigenvalue weighted by molar-refractivity contribution is 0.260. The topological polar surface area (TPSA) is 86.5 Å². The van der Waals surface area contributed by atoms with Crippen molar-refractivity contribution in [3.8, 4) is 0 Å². The van der Waals surface area contributed by atoms with E-state index in [0.29, 0.717) is 0 Å². The van der Waals surface area contributed by atoms with Crippen LogP contribution >= 0.6 is 0 Å². The summed E-state index contributed by atoms with van der Waals surface area (Å²) in [5.41, 5.74) is 2.26. The molecule has 0 spiro atoms. The standard InChI is InChI=1S/C23H33N9/c1-19-29-20-7-3-4-8-21(20)32(19)13-6-11-25-22(24-2)26-12-14-30-15-17-31(18-16-30)23-27-9-5-10-28-23/h3-5,7-10H,6,11-18H2,1-2H3,(H2,24,25,26). The van der Waals surface area contributed by atoms with E-state index in [2.05, 4.69) is 70.1 Å². The smallest absolute Gasteiger partial charge is 0.225 e. The zero-order valence-corrected chi connectivity index (χ0v) is 19.0. The molecule has 1 saturated heterocycles.